The van der Waals surface area contributed by atoms with E-state index in [0.717, 1.165) is 66.8 Å². The van der Waals surface area contributed by atoms with E-state index in [-0.39, 0.29) is 12.0 Å². The molecule has 1 amide bonds. The van der Waals surface area contributed by atoms with Gasteiger partial charge in [0.1, 0.15) is 0 Å². The van der Waals surface area contributed by atoms with Crippen molar-refractivity contribution in [2.24, 2.45) is 5.92 Å². The van der Waals surface area contributed by atoms with Gasteiger partial charge < -0.3 is 10.0 Å². The molecule has 1 aliphatic carbocycles. The summed E-state index contributed by atoms with van der Waals surface area (Å²) in [5.41, 5.74) is 0. The zero-order chi connectivity index (χ0) is 17.4. The number of fused-ring (bicyclic) bond motifs is 1. The smallest absolute Gasteiger partial charge is 0.226 e. The Morgan fingerprint density at radius 3 is 2.68 bits per heavy atom. The van der Waals surface area contributed by atoms with Crippen LogP contribution >= 0.6 is 22.9 Å². The van der Waals surface area contributed by atoms with Gasteiger partial charge in [0, 0.05) is 33.5 Å². The Labute approximate surface area is 157 Å². The highest BCUT2D eigenvalue weighted by atomic mass is 35.5. The summed E-state index contributed by atoms with van der Waals surface area (Å²) in [6.07, 6.45) is 6.11. The van der Waals surface area contributed by atoms with Crippen LogP contribution in [-0.4, -0.2) is 34.6 Å². The first-order valence-electron chi connectivity index (χ1n) is 9.28. The number of aliphatic hydroxyl groups is 1. The van der Waals surface area contributed by atoms with Crippen molar-refractivity contribution in [3.05, 3.63) is 34.2 Å². The maximum Gasteiger partial charge on any atom is 0.226 e. The highest BCUT2D eigenvalue weighted by Crippen LogP contribution is 2.38. The van der Waals surface area contributed by atoms with Crippen molar-refractivity contribution in [1.82, 2.24) is 4.90 Å². The SMILES string of the molecule is O=C1C(Cc2sc3ccccc3c2Cl)CCCN1[C@H]1CC[C@@H](O)CC1. The van der Waals surface area contributed by atoms with Crippen LogP contribution in [0.1, 0.15) is 43.4 Å². The van der Waals surface area contributed by atoms with Gasteiger partial charge in [-0.15, -0.1) is 11.3 Å². The normalized spacial score (nSPS) is 27.8. The van der Waals surface area contributed by atoms with Crippen LogP contribution in [-0.2, 0) is 11.2 Å². The first-order valence-corrected chi connectivity index (χ1v) is 10.5. The Bertz CT molecular complexity index is 766. The van der Waals surface area contributed by atoms with E-state index in [1.54, 1.807) is 11.3 Å². The number of carbonyl (C=O) groups excluding carboxylic acids is 1. The van der Waals surface area contributed by atoms with Crippen molar-refractivity contribution in [2.45, 2.75) is 57.1 Å². The van der Waals surface area contributed by atoms with Crippen molar-refractivity contribution >= 4 is 38.9 Å². The molecule has 1 saturated carbocycles. The van der Waals surface area contributed by atoms with Gasteiger partial charge in [-0.05, 0) is 51.0 Å². The molecule has 2 fully saturated rings. The summed E-state index contributed by atoms with van der Waals surface area (Å²) in [6, 6.07) is 8.51. The van der Waals surface area contributed by atoms with E-state index in [0.29, 0.717) is 11.9 Å². The zero-order valence-electron chi connectivity index (χ0n) is 14.3. The summed E-state index contributed by atoms with van der Waals surface area (Å²) in [5.74, 6) is 0.340. The average Bonchev–Trinajstić information content (AvgIpc) is 2.94. The third-order valence-electron chi connectivity index (χ3n) is 5.72. The fourth-order valence-corrected chi connectivity index (χ4v) is 5.91. The molecule has 2 aliphatic rings. The van der Waals surface area contributed by atoms with E-state index in [4.69, 9.17) is 11.6 Å². The quantitative estimate of drug-likeness (QED) is 0.846. The molecule has 0 radical (unpaired) electrons. The second kappa shape index (κ2) is 7.26. The van der Waals surface area contributed by atoms with Crippen molar-refractivity contribution in [3.8, 4) is 0 Å². The van der Waals surface area contributed by atoms with Gasteiger partial charge in [-0.2, -0.15) is 0 Å². The van der Waals surface area contributed by atoms with E-state index in [1.807, 2.05) is 12.1 Å². The number of amides is 1. The molecule has 1 aromatic carbocycles. The van der Waals surface area contributed by atoms with Crippen LogP contribution < -0.4 is 0 Å². The van der Waals surface area contributed by atoms with Gasteiger partial charge in [-0.1, -0.05) is 29.8 Å². The molecule has 0 bridgehead atoms. The van der Waals surface area contributed by atoms with Gasteiger partial charge in [0.2, 0.25) is 5.91 Å². The van der Waals surface area contributed by atoms with E-state index < -0.39 is 0 Å². The molecule has 1 unspecified atom stereocenters. The molecule has 2 aromatic rings. The lowest BCUT2D eigenvalue weighted by Crippen LogP contribution is -2.49. The molecule has 3 nitrogen and oxygen atoms in total. The van der Waals surface area contributed by atoms with Crippen LogP contribution in [0.4, 0.5) is 0 Å². The van der Waals surface area contributed by atoms with Crippen molar-refractivity contribution in [1.29, 1.82) is 0 Å². The van der Waals surface area contributed by atoms with Crippen LogP contribution in [0, 0.1) is 5.92 Å². The van der Waals surface area contributed by atoms with Gasteiger partial charge in [0.25, 0.3) is 0 Å². The minimum absolute atomic E-state index is 0.0474. The molecular weight excluding hydrogens is 354 g/mol. The zero-order valence-corrected chi connectivity index (χ0v) is 15.9. The van der Waals surface area contributed by atoms with Crippen LogP contribution in [0.25, 0.3) is 10.1 Å². The largest absolute Gasteiger partial charge is 0.393 e. The molecule has 134 valence electrons. The number of thiophene rings is 1. The van der Waals surface area contributed by atoms with Crippen LogP contribution in [0.15, 0.2) is 24.3 Å². The first kappa shape index (κ1) is 17.3. The maximum absolute atomic E-state index is 13.1. The molecule has 1 N–H and O–H groups in total. The summed E-state index contributed by atoms with van der Waals surface area (Å²) in [4.78, 5) is 16.3. The van der Waals surface area contributed by atoms with Crippen LogP contribution in [0.3, 0.4) is 0 Å². The summed E-state index contributed by atoms with van der Waals surface area (Å²) in [6.45, 7) is 0.871. The molecule has 2 heterocycles. The minimum Gasteiger partial charge on any atom is -0.393 e. The predicted octanol–water partition coefficient (Wildman–Crippen LogP) is 4.64. The van der Waals surface area contributed by atoms with Crippen LogP contribution in [0.5, 0.6) is 0 Å². The standard InChI is InChI=1S/C20H24ClNO2S/c21-19-16-5-1-2-6-17(16)25-18(19)12-13-4-3-11-22(20(13)24)14-7-9-15(23)10-8-14/h1-2,5-6,13-15,23H,3-4,7-12H2/t13?,14-,15+. The van der Waals surface area contributed by atoms with E-state index >= 15 is 0 Å². The molecule has 0 spiro atoms. The lowest BCUT2D eigenvalue weighted by molar-refractivity contribution is -0.142. The Morgan fingerprint density at radius 1 is 1.16 bits per heavy atom. The lowest BCUT2D eigenvalue weighted by Gasteiger charge is -2.40. The van der Waals surface area contributed by atoms with E-state index in [2.05, 4.69) is 17.0 Å². The Balaban J connectivity index is 1.50. The summed E-state index contributed by atoms with van der Waals surface area (Å²) >= 11 is 8.30. The second-order valence-corrected chi connectivity index (χ2v) is 8.89. The number of aliphatic hydroxyl groups excluding tert-OH is 1. The number of piperidine rings is 1. The molecule has 1 saturated heterocycles. The van der Waals surface area contributed by atoms with Crippen molar-refractivity contribution < 1.29 is 9.90 Å². The number of benzene rings is 1. The molecule has 1 aromatic heterocycles. The number of likely N-dealkylation sites (tertiary alicyclic amines) is 1. The Morgan fingerprint density at radius 2 is 1.92 bits per heavy atom. The van der Waals surface area contributed by atoms with E-state index in [1.165, 1.54) is 4.70 Å². The number of rotatable bonds is 3. The molecule has 4 rings (SSSR count). The first-order chi connectivity index (χ1) is 12.1. The topological polar surface area (TPSA) is 40.5 Å². The summed E-state index contributed by atoms with van der Waals surface area (Å²) in [7, 11) is 0. The van der Waals surface area contributed by atoms with Gasteiger partial charge in [-0.25, -0.2) is 0 Å². The summed E-state index contributed by atoms with van der Waals surface area (Å²) in [5, 5.41) is 11.6. The molecular formula is C20H24ClNO2S. The van der Waals surface area contributed by atoms with Crippen molar-refractivity contribution in [2.75, 3.05) is 6.54 Å². The molecule has 1 aliphatic heterocycles. The Kier molecular flexibility index (Phi) is 5.03. The van der Waals surface area contributed by atoms with Crippen molar-refractivity contribution in [3.63, 3.8) is 0 Å². The third kappa shape index (κ3) is 3.44. The lowest BCUT2D eigenvalue weighted by atomic mass is 9.87. The second-order valence-electron chi connectivity index (χ2n) is 7.37. The van der Waals surface area contributed by atoms with Crippen LogP contribution in [0.2, 0.25) is 5.02 Å². The van der Waals surface area contributed by atoms with Gasteiger partial charge in [-0.3, -0.25) is 4.79 Å². The summed E-state index contributed by atoms with van der Waals surface area (Å²) < 4.78 is 1.20. The predicted molar refractivity (Wildman–Crippen MR) is 103 cm³/mol. The monoisotopic (exact) mass is 377 g/mol. The van der Waals surface area contributed by atoms with Gasteiger partial charge in [0.15, 0.2) is 0 Å². The number of halogens is 1. The number of hydrogen-bond acceptors (Lipinski definition) is 3. The number of nitrogens with zero attached hydrogens (tertiary/aromatic N) is 1. The fourth-order valence-electron chi connectivity index (χ4n) is 4.32. The van der Waals surface area contributed by atoms with E-state index in [9.17, 15) is 9.90 Å². The number of carbonyl (C=O) groups is 1. The molecule has 25 heavy (non-hydrogen) atoms. The Hall–Kier alpha value is -1.10. The third-order valence-corrected chi connectivity index (χ3v) is 7.46. The number of hydrogen-bond donors (Lipinski definition) is 1. The maximum atomic E-state index is 13.1. The highest BCUT2D eigenvalue weighted by molar-refractivity contribution is 7.19. The van der Waals surface area contributed by atoms with Gasteiger partial charge in [0.05, 0.1) is 11.1 Å². The molecule has 5 heteroatoms. The molecule has 1 atom stereocenters. The average molecular weight is 378 g/mol. The highest BCUT2D eigenvalue weighted by Gasteiger charge is 2.35. The fraction of sp³-hybridized carbons (Fsp3) is 0.550. The minimum atomic E-state index is -0.177. The van der Waals surface area contributed by atoms with Gasteiger partial charge >= 0.3 is 0 Å².